The fraction of sp³-hybridized carbons (Fsp3) is 0.440. The van der Waals surface area contributed by atoms with Crippen LogP contribution in [0.4, 0.5) is 4.39 Å². The van der Waals surface area contributed by atoms with E-state index in [0.717, 1.165) is 49.7 Å². The van der Waals surface area contributed by atoms with Gasteiger partial charge in [-0.05, 0) is 73.9 Å². The van der Waals surface area contributed by atoms with Crippen LogP contribution in [0.25, 0.3) is 0 Å². The third kappa shape index (κ3) is 4.31. The molecule has 0 spiro atoms. The average molecular weight is 491 g/mol. The molecule has 3 fully saturated rings. The number of carbonyl (C=O) groups is 2. The largest absolute Gasteiger partial charge is 0.484 e. The van der Waals surface area contributed by atoms with Gasteiger partial charge in [0.1, 0.15) is 11.6 Å². The normalized spacial score (nSPS) is 25.6. The molecule has 6 rings (SSSR count). The Kier molecular flexibility index (Phi) is 5.78. The highest BCUT2D eigenvalue weighted by molar-refractivity contribution is 6.31. The van der Waals surface area contributed by atoms with Gasteiger partial charge >= 0.3 is 0 Å². The third-order valence-corrected chi connectivity index (χ3v) is 8.09. The first kappa shape index (κ1) is 22.5. The lowest BCUT2D eigenvalue weighted by atomic mass is 9.56. The lowest BCUT2D eigenvalue weighted by Gasteiger charge is -2.53. The van der Waals surface area contributed by atoms with Crippen molar-refractivity contribution in [2.75, 3.05) is 6.61 Å². The monoisotopic (exact) mass is 490 g/mol. The summed E-state index contributed by atoms with van der Waals surface area (Å²) in [7, 11) is 0. The van der Waals surface area contributed by atoms with Crippen LogP contribution in [0.1, 0.15) is 49.7 Å². The summed E-state index contributed by atoms with van der Waals surface area (Å²) in [5.74, 6) is -0.340. The molecular formula is C25H25Cl2FN2O3. The first-order valence-corrected chi connectivity index (χ1v) is 12.0. The van der Waals surface area contributed by atoms with Crippen molar-refractivity contribution in [2.24, 2.45) is 5.41 Å². The second kappa shape index (κ2) is 8.48. The number of ether oxygens (including phenoxy) is 1. The molecule has 0 saturated heterocycles. The second-order valence-electron chi connectivity index (χ2n) is 9.55. The van der Waals surface area contributed by atoms with Gasteiger partial charge in [-0.1, -0.05) is 29.3 Å². The van der Waals surface area contributed by atoms with Crippen molar-refractivity contribution in [3.05, 3.63) is 63.4 Å². The Morgan fingerprint density at radius 3 is 2.36 bits per heavy atom. The molecule has 0 atom stereocenters. The summed E-state index contributed by atoms with van der Waals surface area (Å²) in [6.45, 7) is 1.06. The fourth-order valence-corrected chi connectivity index (χ4v) is 5.90. The SMILES string of the molecule is O=C(COc1ccc(Cl)c(F)c1)NC12CCC(C(=O)N3Cc4ccc(Cl)cc4C3)(CC1)CC2. The van der Waals surface area contributed by atoms with Gasteiger partial charge in [-0.25, -0.2) is 4.39 Å². The first-order valence-electron chi connectivity index (χ1n) is 11.2. The maximum Gasteiger partial charge on any atom is 0.258 e. The second-order valence-corrected chi connectivity index (χ2v) is 10.4. The van der Waals surface area contributed by atoms with Crippen molar-refractivity contribution in [3.8, 4) is 5.75 Å². The predicted octanol–water partition coefficient (Wildman–Crippen LogP) is 5.26. The summed E-state index contributed by atoms with van der Waals surface area (Å²) in [6.07, 6.45) is 4.61. The van der Waals surface area contributed by atoms with Gasteiger partial charge in [-0.15, -0.1) is 0 Å². The number of fused-ring (bicyclic) bond motifs is 4. The number of nitrogens with zero attached hydrogens (tertiary/aromatic N) is 1. The Hall–Kier alpha value is -2.31. The highest BCUT2D eigenvalue weighted by Gasteiger charge is 2.54. The Labute approximate surface area is 202 Å². The van der Waals surface area contributed by atoms with E-state index in [1.54, 1.807) is 0 Å². The molecule has 3 saturated carbocycles. The molecule has 4 aliphatic rings. The van der Waals surface area contributed by atoms with E-state index >= 15 is 0 Å². The number of hydrogen-bond donors (Lipinski definition) is 1. The highest BCUT2D eigenvalue weighted by atomic mass is 35.5. The van der Waals surface area contributed by atoms with E-state index in [0.29, 0.717) is 18.1 Å². The molecule has 174 valence electrons. The van der Waals surface area contributed by atoms with Crippen LogP contribution in [-0.4, -0.2) is 28.9 Å². The zero-order chi connectivity index (χ0) is 23.2. The van der Waals surface area contributed by atoms with Crippen LogP contribution in [0.2, 0.25) is 10.0 Å². The van der Waals surface area contributed by atoms with E-state index in [4.69, 9.17) is 27.9 Å². The number of nitrogens with one attached hydrogen (secondary N) is 1. The van der Waals surface area contributed by atoms with Crippen LogP contribution in [0.3, 0.4) is 0 Å². The minimum Gasteiger partial charge on any atom is -0.484 e. The van der Waals surface area contributed by atoms with E-state index in [-0.39, 0.29) is 40.1 Å². The molecule has 1 heterocycles. The molecule has 2 aromatic carbocycles. The highest BCUT2D eigenvalue weighted by Crippen LogP contribution is 2.53. The van der Waals surface area contributed by atoms with Crippen LogP contribution >= 0.6 is 23.2 Å². The van der Waals surface area contributed by atoms with Gasteiger partial charge in [0.25, 0.3) is 5.91 Å². The van der Waals surface area contributed by atoms with E-state index in [2.05, 4.69) is 5.32 Å². The molecule has 2 aromatic rings. The molecular weight excluding hydrogens is 466 g/mol. The molecule has 8 heteroatoms. The van der Waals surface area contributed by atoms with Crippen molar-refractivity contribution in [2.45, 2.75) is 57.2 Å². The summed E-state index contributed by atoms with van der Waals surface area (Å²) in [5.41, 5.74) is 1.66. The standard InChI is InChI=1S/C25H25Cl2FN2O3/c26-18-2-1-16-13-30(14-17(16)11-18)23(32)24-5-8-25(9-6-24,10-7-24)29-22(31)15-33-19-3-4-20(27)21(28)12-19/h1-4,11-12H,5-10,13-15H2,(H,29,31). The van der Waals surface area contributed by atoms with Crippen LogP contribution in [0, 0.1) is 11.2 Å². The topological polar surface area (TPSA) is 58.6 Å². The van der Waals surface area contributed by atoms with E-state index in [1.165, 1.54) is 18.2 Å². The van der Waals surface area contributed by atoms with E-state index in [9.17, 15) is 14.0 Å². The molecule has 0 unspecified atom stereocenters. The molecule has 0 radical (unpaired) electrons. The maximum atomic E-state index is 13.6. The number of hydrogen-bond acceptors (Lipinski definition) is 3. The predicted molar refractivity (Wildman–Crippen MR) is 124 cm³/mol. The van der Waals surface area contributed by atoms with Crippen LogP contribution in [0.15, 0.2) is 36.4 Å². The molecule has 5 nitrogen and oxygen atoms in total. The van der Waals surface area contributed by atoms with Gasteiger partial charge < -0.3 is 15.0 Å². The molecule has 2 bridgehead atoms. The van der Waals surface area contributed by atoms with Gasteiger partial charge in [0.15, 0.2) is 6.61 Å². The van der Waals surface area contributed by atoms with E-state index < -0.39 is 5.82 Å². The Morgan fingerprint density at radius 1 is 0.970 bits per heavy atom. The van der Waals surface area contributed by atoms with Crippen LogP contribution in [0.5, 0.6) is 5.75 Å². The summed E-state index contributed by atoms with van der Waals surface area (Å²) < 4.78 is 19.0. The zero-order valence-electron chi connectivity index (χ0n) is 18.1. The Balaban J connectivity index is 1.16. The number of carbonyl (C=O) groups excluding carboxylic acids is 2. The maximum absolute atomic E-state index is 13.6. The summed E-state index contributed by atoms with van der Waals surface area (Å²) in [5, 5.41) is 3.84. The number of amides is 2. The van der Waals surface area contributed by atoms with Gasteiger partial charge in [-0.3, -0.25) is 9.59 Å². The van der Waals surface area contributed by atoms with Crippen LogP contribution < -0.4 is 10.1 Å². The smallest absolute Gasteiger partial charge is 0.258 e. The summed E-state index contributed by atoms with van der Waals surface area (Å²) in [6, 6.07) is 9.92. The van der Waals surface area contributed by atoms with Gasteiger partial charge in [0.2, 0.25) is 5.91 Å². The minimum atomic E-state index is -0.585. The van der Waals surface area contributed by atoms with Crippen molar-refractivity contribution in [3.63, 3.8) is 0 Å². The number of rotatable bonds is 5. The lowest BCUT2D eigenvalue weighted by molar-refractivity contribution is -0.151. The summed E-state index contributed by atoms with van der Waals surface area (Å²) >= 11 is 11.8. The summed E-state index contributed by atoms with van der Waals surface area (Å²) in [4.78, 5) is 28.0. The van der Waals surface area contributed by atoms with Gasteiger partial charge in [0.05, 0.1) is 5.02 Å². The molecule has 1 aliphatic heterocycles. The van der Waals surface area contributed by atoms with Crippen molar-refractivity contribution >= 4 is 35.0 Å². The fourth-order valence-electron chi connectivity index (χ4n) is 5.58. The van der Waals surface area contributed by atoms with Gasteiger partial charge in [0, 0.05) is 35.1 Å². The third-order valence-electron chi connectivity index (χ3n) is 7.54. The lowest BCUT2D eigenvalue weighted by Crippen LogP contribution is -2.60. The Morgan fingerprint density at radius 2 is 1.67 bits per heavy atom. The van der Waals surface area contributed by atoms with Crippen molar-refractivity contribution < 1.29 is 18.7 Å². The quantitative estimate of drug-likeness (QED) is 0.621. The molecule has 2 amide bonds. The molecule has 1 N–H and O–H groups in total. The molecule has 0 aromatic heterocycles. The molecule has 3 aliphatic carbocycles. The Bertz CT molecular complexity index is 1100. The number of halogens is 3. The molecule has 33 heavy (non-hydrogen) atoms. The number of benzene rings is 2. The van der Waals surface area contributed by atoms with Crippen molar-refractivity contribution in [1.29, 1.82) is 0 Å². The van der Waals surface area contributed by atoms with Crippen LogP contribution in [-0.2, 0) is 22.7 Å². The average Bonchev–Trinajstić information content (AvgIpc) is 3.23. The van der Waals surface area contributed by atoms with Gasteiger partial charge in [-0.2, -0.15) is 0 Å². The minimum absolute atomic E-state index is 0.00902. The zero-order valence-corrected chi connectivity index (χ0v) is 19.6. The first-order chi connectivity index (χ1) is 15.8. The van der Waals surface area contributed by atoms with Crippen molar-refractivity contribution in [1.82, 2.24) is 10.2 Å². The van der Waals surface area contributed by atoms with E-state index in [1.807, 2.05) is 23.1 Å².